The normalized spacial score (nSPS) is 11.7. The van der Waals surface area contributed by atoms with E-state index in [2.05, 4.69) is 289 Å². The minimum Gasteiger partial charge on any atom is -0.455 e. The molecular formula is C72H46N2O. The van der Waals surface area contributed by atoms with Crippen molar-refractivity contribution in [3.8, 4) is 50.2 Å². The molecule has 0 atom stereocenters. The van der Waals surface area contributed by atoms with Crippen molar-refractivity contribution in [3.05, 3.63) is 279 Å². The largest absolute Gasteiger partial charge is 0.455 e. The second-order valence-corrected chi connectivity index (χ2v) is 19.6. The summed E-state index contributed by atoms with van der Waals surface area (Å²) in [5.74, 6) is 0. The van der Waals surface area contributed by atoms with Crippen LogP contribution in [0.5, 0.6) is 0 Å². The lowest BCUT2D eigenvalue weighted by molar-refractivity contribution is 0.673. The van der Waals surface area contributed by atoms with Gasteiger partial charge in [0.2, 0.25) is 0 Å². The molecule has 0 aliphatic carbocycles. The summed E-state index contributed by atoms with van der Waals surface area (Å²) in [5.41, 5.74) is 17.7. The Balaban J connectivity index is 0.810. The zero-order valence-electron chi connectivity index (χ0n) is 40.9. The summed E-state index contributed by atoms with van der Waals surface area (Å²) in [5, 5.41) is 12.1. The molecule has 0 amide bonds. The number of para-hydroxylation sites is 3. The van der Waals surface area contributed by atoms with E-state index >= 15 is 0 Å². The molecule has 0 aliphatic rings. The van der Waals surface area contributed by atoms with E-state index in [0.717, 1.165) is 77.9 Å². The van der Waals surface area contributed by atoms with Gasteiger partial charge in [-0.3, -0.25) is 0 Å². The molecule has 0 fully saturated rings. The van der Waals surface area contributed by atoms with Gasteiger partial charge in [-0.1, -0.05) is 200 Å². The molecule has 0 aliphatic heterocycles. The van der Waals surface area contributed by atoms with Crippen LogP contribution in [0, 0.1) is 0 Å². The molecule has 15 rings (SSSR count). The number of aromatic nitrogens is 1. The molecule has 3 heteroatoms. The molecule has 0 saturated carbocycles. The lowest BCUT2D eigenvalue weighted by Gasteiger charge is -2.28. The van der Waals surface area contributed by atoms with Crippen LogP contribution in [0.1, 0.15) is 0 Å². The number of fused-ring (bicyclic) bond motifs is 11. The number of hydrogen-bond donors (Lipinski definition) is 0. The fourth-order valence-corrected chi connectivity index (χ4v) is 11.7. The first-order valence-electron chi connectivity index (χ1n) is 25.7. The molecule has 2 heterocycles. The third kappa shape index (κ3) is 7.20. The van der Waals surface area contributed by atoms with E-state index < -0.39 is 0 Å². The van der Waals surface area contributed by atoms with Crippen LogP contribution in [0.15, 0.2) is 283 Å². The van der Waals surface area contributed by atoms with E-state index in [1.54, 1.807) is 0 Å². The van der Waals surface area contributed by atoms with E-state index in [-0.39, 0.29) is 0 Å². The van der Waals surface area contributed by atoms with Crippen molar-refractivity contribution in [1.82, 2.24) is 4.57 Å². The van der Waals surface area contributed by atoms with Gasteiger partial charge < -0.3 is 13.9 Å². The van der Waals surface area contributed by atoms with Crippen molar-refractivity contribution in [1.29, 1.82) is 0 Å². The van der Waals surface area contributed by atoms with Crippen molar-refractivity contribution in [2.24, 2.45) is 0 Å². The van der Waals surface area contributed by atoms with Gasteiger partial charge in [0.05, 0.1) is 16.7 Å². The highest BCUT2D eigenvalue weighted by Crippen LogP contribution is 2.44. The van der Waals surface area contributed by atoms with Crippen LogP contribution >= 0.6 is 0 Å². The van der Waals surface area contributed by atoms with E-state index in [9.17, 15) is 0 Å². The topological polar surface area (TPSA) is 21.3 Å². The molecule has 0 unspecified atom stereocenters. The van der Waals surface area contributed by atoms with Crippen molar-refractivity contribution >= 4 is 93.1 Å². The third-order valence-corrected chi connectivity index (χ3v) is 15.4. The average Bonchev–Trinajstić information content (AvgIpc) is 4.04. The smallest absolute Gasteiger partial charge is 0.143 e. The predicted octanol–water partition coefficient (Wildman–Crippen LogP) is 20.3. The number of nitrogens with zero attached hydrogens (tertiary/aromatic N) is 2. The second-order valence-electron chi connectivity index (χ2n) is 19.6. The van der Waals surface area contributed by atoms with Crippen LogP contribution in [-0.4, -0.2) is 4.57 Å². The van der Waals surface area contributed by atoms with Crippen molar-refractivity contribution in [2.75, 3.05) is 4.90 Å². The summed E-state index contributed by atoms with van der Waals surface area (Å²) in [6.45, 7) is 0. The molecule has 0 radical (unpaired) electrons. The van der Waals surface area contributed by atoms with E-state index in [0.29, 0.717) is 0 Å². The van der Waals surface area contributed by atoms with Crippen molar-refractivity contribution in [2.45, 2.75) is 0 Å². The quantitative estimate of drug-likeness (QED) is 0.142. The minimum atomic E-state index is 0.872. The zero-order valence-corrected chi connectivity index (χ0v) is 40.9. The first-order valence-corrected chi connectivity index (χ1v) is 25.7. The fourth-order valence-electron chi connectivity index (χ4n) is 11.7. The highest BCUT2D eigenvalue weighted by molar-refractivity contribution is 6.16. The van der Waals surface area contributed by atoms with Crippen molar-refractivity contribution < 1.29 is 4.42 Å². The standard InChI is InChI=1S/C72H46N2O/c1-3-16-60-51(12-1)28-29-53-30-31-55(45-67(53)60)49-26-24-47(25-27-49)48-32-38-57(39-33-48)73(68-21-8-5-17-61(68)56-37-42-65-66-43-36-52-13-2-4-18-62(52)72(66)75-71(65)46-56)58-40-34-50(35-41-58)54-14-11-15-59(44-54)74-69-22-9-6-19-63(69)64-20-7-10-23-70(64)74/h1-46H. The Morgan fingerprint density at radius 3 is 1.45 bits per heavy atom. The van der Waals surface area contributed by atoms with Gasteiger partial charge in [0.1, 0.15) is 11.2 Å². The molecular weight excluding hydrogens is 909 g/mol. The predicted molar refractivity (Wildman–Crippen MR) is 317 cm³/mol. The summed E-state index contributed by atoms with van der Waals surface area (Å²) in [6.07, 6.45) is 0. The number of rotatable bonds is 8. The third-order valence-electron chi connectivity index (χ3n) is 15.4. The molecule has 2 aromatic heterocycles. The molecule has 0 N–H and O–H groups in total. The highest BCUT2D eigenvalue weighted by atomic mass is 16.3. The second kappa shape index (κ2) is 17.4. The fraction of sp³-hybridized carbons (Fsp3) is 0. The van der Waals surface area contributed by atoms with E-state index in [1.165, 1.54) is 65.4 Å². The Morgan fingerprint density at radius 1 is 0.280 bits per heavy atom. The van der Waals surface area contributed by atoms with Crippen LogP contribution in [0.2, 0.25) is 0 Å². The molecule has 0 spiro atoms. The Bertz CT molecular complexity index is 4640. The SMILES string of the molecule is c1cc(-c2ccc(N(c3ccc(-c4ccc(-c5ccc6ccc7ccccc7c6c5)cc4)cc3)c3ccccc3-c3ccc4c(c3)oc3c5ccccc5ccc43)cc2)cc(-n2c3ccccc3c3ccccc32)c1. The van der Waals surface area contributed by atoms with Crippen LogP contribution in [0.4, 0.5) is 17.1 Å². The van der Waals surface area contributed by atoms with Gasteiger partial charge in [-0.25, -0.2) is 0 Å². The lowest BCUT2D eigenvalue weighted by Crippen LogP contribution is -2.11. The van der Waals surface area contributed by atoms with Gasteiger partial charge >= 0.3 is 0 Å². The highest BCUT2D eigenvalue weighted by Gasteiger charge is 2.20. The number of furan rings is 1. The molecule has 13 aromatic carbocycles. The van der Waals surface area contributed by atoms with E-state index in [4.69, 9.17) is 4.42 Å². The van der Waals surface area contributed by atoms with Gasteiger partial charge in [-0.2, -0.15) is 0 Å². The summed E-state index contributed by atoms with van der Waals surface area (Å²) in [6, 6.07) is 101. The van der Waals surface area contributed by atoms with Gasteiger partial charge in [-0.15, -0.1) is 0 Å². The number of anilines is 3. The number of hydrogen-bond acceptors (Lipinski definition) is 2. The van der Waals surface area contributed by atoms with Crippen LogP contribution < -0.4 is 4.90 Å². The zero-order chi connectivity index (χ0) is 49.4. The number of benzene rings is 13. The summed E-state index contributed by atoms with van der Waals surface area (Å²) in [4.78, 5) is 2.39. The van der Waals surface area contributed by atoms with Crippen LogP contribution in [-0.2, 0) is 0 Å². The van der Waals surface area contributed by atoms with Crippen LogP contribution in [0.3, 0.4) is 0 Å². The van der Waals surface area contributed by atoms with Gasteiger partial charge in [0, 0.05) is 49.6 Å². The maximum absolute atomic E-state index is 6.73. The van der Waals surface area contributed by atoms with Gasteiger partial charge in [-0.05, 0) is 145 Å². The Hall–Kier alpha value is -9.96. The molecule has 15 aromatic rings. The summed E-state index contributed by atoms with van der Waals surface area (Å²) in [7, 11) is 0. The summed E-state index contributed by atoms with van der Waals surface area (Å²) >= 11 is 0. The first-order chi connectivity index (χ1) is 37.2. The van der Waals surface area contributed by atoms with Gasteiger partial charge in [0.25, 0.3) is 0 Å². The maximum atomic E-state index is 6.73. The monoisotopic (exact) mass is 954 g/mol. The summed E-state index contributed by atoms with van der Waals surface area (Å²) < 4.78 is 9.12. The van der Waals surface area contributed by atoms with Crippen molar-refractivity contribution in [3.63, 3.8) is 0 Å². The van der Waals surface area contributed by atoms with Crippen LogP contribution in [0.25, 0.3) is 126 Å². The molecule has 0 bridgehead atoms. The minimum absolute atomic E-state index is 0.872. The molecule has 0 saturated heterocycles. The molecule has 350 valence electrons. The average molecular weight is 955 g/mol. The first kappa shape index (κ1) is 42.7. The Morgan fingerprint density at radius 2 is 0.760 bits per heavy atom. The van der Waals surface area contributed by atoms with Gasteiger partial charge in [0.15, 0.2) is 0 Å². The Kier molecular flexibility index (Phi) is 9.89. The maximum Gasteiger partial charge on any atom is 0.143 e. The lowest BCUT2D eigenvalue weighted by atomic mass is 9.96. The Labute approximate surface area is 434 Å². The van der Waals surface area contributed by atoms with E-state index in [1.807, 2.05) is 0 Å². The molecule has 3 nitrogen and oxygen atoms in total. The molecule has 75 heavy (non-hydrogen) atoms.